The summed E-state index contributed by atoms with van der Waals surface area (Å²) in [4.78, 5) is 26.2. The third kappa shape index (κ3) is 5.52. The molecule has 6 N–H and O–H groups in total. The number of nitriles is 1. The van der Waals surface area contributed by atoms with E-state index in [1.165, 1.54) is 23.6 Å². The van der Waals surface area contributed by atoms with E-state index in [-0.39, 0.29) is 24.0 Å². The summed E-state index contributed by atoms with van der Waals surface area (Å²) in [5.74, 6) is -0.416. The number of nitrogens with one attached hydrogen (secondary N) is 1. The highest BCUT2D eigenvalue weighted by atomic mass is 31.2. The van der Waals surface area contributed by atoms with E-state index >= 15 is 0 Å². The van der Waals surface area contributed by atoms with Crippen molar-refractivity contribution in [2.45, 2.75) is 63.6 Å². The van der Waals surface area contributed by atoms with Gasteiger partial charge in [0.2, 0.25) is 5.60 Å². The molecule has 14 nitrogen and oxygen atoms in total. The van der Waals surface area contributed by atoms with E-state index in [4.69, 9.17) is 19.7 Å². The van der Waals surface area contributed by atoms with Crippen LogP contribution in [0.4, 0.5) is 5.82 Å². The van der Waals surface area contributed by atoms with Crippen LogP contribution in [0.15, 0.2) is 18.5 Å². The summed E-state index contributed by atoms with van der Waals surface area (Å²) in [6, 6.07) is 3.66. The molecule has 3 rings (SSSR count). The first-order chi connectivity index (χ1) is 17.0. The number of carbonyl (C=O) groups excluding carboxylic acids is 1. The van der Waals surface area contributed by atoms with Crippen LogP contribution in [0, 0.1) is 17.2 Å². The maximum atomic E-state index is 12.5. The number of hydrogen-bond donors (Lipinski definition) is 5. The molecule has 198 valence electrons. The van der Waals surface area contributed by atoms with Crippen LogP contribution in [0.25, 0.3) is 5.52 Å². The van der Waals surface area contributed by atoms with Gasteiger partial charge in [-0.1, -0.05) is 26.7 Å². The van der Waals surface area contributed by atoms with Gasteiger partial charge in [-0.15, -0.1) is 0 Å². The highest BCUT2D eigenvalue weighted by Crippen LogP contribution is 2.43. The number of ether oxygens (including phenoxy) is 2. The average molecular weight is 526 g/mol. The Kier molecular flexibility index (Phi) is 8.68. The van der Waals surface area contributed by atoms with Crippen LogP contribution in [-0.4, -0.2) is 73.2 Å². The van der Waals surface area contributed by atoms with Crippen molar-refractivity contribution < 1.29 is 38.5 Å². The normalized spacial score (nSPS) is 26.6. The number of nitrogen functional groups attached to an aromatic ring is 1. The van der Waals surface area contributed by atoms with Crippen molar-refractivity contribution in [2.75, 3.05) is 18.9 Å². The van der Waals surface area contributed by atoms with Crippen molar-refractivity contribution in [3.63, 3.8) is 0 Å². The average Bonchev–Trinajstić information content (AvgIpc) is 3.39. The van der Waals surface area contributed by atoms with Gasteiger partial charge in [-0.3, -0.25) is 9.32 Å². The second-order valence-electron chi connectivity index (χ2n) is 8.58. The molecule has 0 saturated carbocycles. The number of fused-ring (bicyclic) bond motifs is 1. The molecule has 0 bridgehead atoms. The smallest absolute Gasteiger partial charge is 0.403 e. The van der Waals surface area contributed by atoms with Gasteiger partial charge in [0.25, 0.3) is 0 Å². The van der Waals surface area contributed by atoms with E-state index in [2.05, 4.69) is 15.2 Å². The lowest BCUT2D eigenvalue weighted by Crippen LogP contribution is -2.41. The molecule has 0 radical (unpaired) electrons. The van der Waals surface area contributed by atoms with Crippen LogP contribution in [-0.2, 0) is 29.0 Å². The Bertz CT molecular complexity index is 1170. The van der Waals surface area contributed by atoms with E-state index in [1.807, 2.05) is 19.9 Å². The number of hydrogen-bond acceptors (Lipinski definition) is 11. The van der Waals surface area contributed by atoms with Gasteiger partial charge in [0.15, 0.2) is 5.82 Å². The van der Waals surface area contributed by atoms with Gasteiger partial charge in [-0.2, -0.15) is 10.4 Å². The molecule has 1 aliphatic rings. The van der Waals surface area contributed by atoms with Crippen LogP contribution in [0.3, 0.4) is 0 Å². The topological polar surface area (TPSA) is 215 Å². The number of esters is 1. The van der Waals surface area contributed by atoms with Crippen LogP contribution in [0.5, 0.6) is 0 Å². The molecule has 2 aromatic heterocycles. The molecule has 2 aromatic rings. The molecule has 15 heteroatoms. The zero-order valence-electron chi connectivity index (χ0n) is 20.1. The largest absolute Gasteiger partial charge is 0.464 e. The predicted octanol–water partition coefficient (Wildman–Crippen LogP) is 0.225. The van der Waals surface area contributed by atoms with Gasteiger partial charge >= 0.3 is 13.7 Å². The summed E-state index contributed by atoms with van der Waals surface area (Å²) < 4.78 is 29.7. The van der Waals surface area contributed by atoms with Crippen molar-refractivity contribution in [3.05, 3.63) is 24.2 Å². The fourth-order valence-corrected chi connectivity index (χ4v) is 4.93. The highest BCUT2D eigenvalue weighted by molar-refractivity contribution is 7.50. The van der Waals surface area contributed by atoms with Gasteiger partial charge in [0.1, 0.15) is 42.3 Å². The standard InChI is InChI=1S/C21H31N6O8P/c1-4-13(5-2)8-33-20(30)12(3)26-36(31,32)34-9-15-17(28)18(29)21(10-22,35-15)16-7-6-14-19(23)24-11-25-27(14)16/h6-7,11-13,15,17-18,28-29H,4-5,8-9H2,1-3H3,(H2,23,24,25)(H2,26,31,32)/t12?,15-,17-,18-,21+/m1/s1. The number of rotatable bonds is 11. The third-order valence-electron chi connectivity index (χ3n) is 6.23. The Labute approximate surface area is 207 Å². The number of nitrogens with zero attached hydrogens (tertiary/aromatic N) is 4. The zero-order valence-corrected chi connectivity index (χ0v) is 21.0. The summed E-state index contributed by atoms with van der Waals surface area (Å²) in [7, 11) is -4.57. The fourth-order valence-electron chi connectivity index (χ4n) is 3.91. The second kappa shape index (κ2) is 11.2. The summed E-state index contributed by atoms with van der Waals surface area (Å²) in [6.07, 6.45) is -1.98. The molecular formula is C21H31N6O8P. The van der Waals surface area contributed by atoms with Crippen molar-refractivity contribution in [1.29, 1.82) is 5.26 Å². The number of carbonyl (C=O) groups is 1. The number of anilines is 1. The van der Waals surface area contributed by atoms with Crippen LogP contribution in [0.1, 0.15) is 39.3 Å². The number of aromatic nitrogens is 3. The first kappa shape index (κ1) is 27.9. The molecule has 6 atom stereocenters. The number of aliphatic hydroxyl groups is 2. The SMILES string of the molecule is CCC(CC)COC(=O)C(C)NP(=O)(O)OC[C@H]1O[C@@](C#N)(c2ccc3c(N)ncnn23)[C@H](O)[C@@H]1O. The van der Waals surface area contributed by atoms with E-state index in [9.17, 15) is 29.7 Å². The molecular weight excluding hydrogens is 495 g/mol. The summed E-state index contributed by atoms with van der Waals surface area (Å²) in [5, 5.41) is 37.4. The Morgan fingerprint density at radius 3 is 2.75 bits per heavy atom. The lowest BCUT2D eigenvalue weighted by atomic mass is 9.92. The second-order valence-corrected chi connectivity index (χ2v) is 10.1. The number of aliphatic hydroxyl groups excluding tert-OH is 2. The van der Waals surface area contributed by atoms with Crippen molar-refractivity contribution >= 4 is 25.1 Å². The monoisotopic (exact) mass is 526 g/mol. The Hall–Kier alpha value is -2.63. The molecule has 3 heterocycles. The first-order valence-corrected chi connectivity index (χ1v) is 13.0. The van der Waals surface area contributed by atoms with Gasteiger partial charge in [0.05, 0.1) is 18.9 Å². The molecule has 1 fully saturated rings. The molecule has 0 amide bonds. The first-order valence-electron chi connectivity index (χ1n) is 11.4. The Balaban J connectivity index is 1.67. The zero-order chi connectivity index (χ0) is 26.7. The molecule has 0 spiro atoms. The van der Waals surface area contributed by atoms with Crippen molar-refractivity contribution in [2.24, 2.45) is 5.92 Å². The van der Waals surface area contributed by atoms with Crippen molar-refractivity contribution in [3.8, 4) is 6.07 Å². The maximum absolute atomic E-state index is 12.5. The van der Waals surface area contributed by atoms with Crippen LogP contribution >= 0.6 is 7.75 Å². The maximum Gasteiger partial charge on any atom is 0.403 e. The van der Waals surface area contributed by atoms with Gasteiger partial charge in [-0.25, -0.2) is 19.2 Å². The van der Waals surface area contributed by atoms with Gasteiger partial charge in [-0.05, 0) is 25.0 Å². The predicted molar refractivity (Wildman–Crippen MR) is 125 cm³/mol. The van der Waals surface area contributed by atoms with Crippen LogP contribution < -0.4 is 10.8 Å². The fraction of sp³-hybridized carbons (Fsp3) is 0.619. The lowest BCUT2D eigenvalue weighted by molar-refractivity contribution is -0.146. The molecule has 0 aromatic carbocycles. The molecule has 36 heavy (non-hydrogen) atoms. The summed E-state index contributed by atoms with van der Waals surface area (Å²) >= 11 is 0. The minimum absolute atomic E-state index is 0.0716. The third-order valence-corrected chi connectivity index (χ3v) is 7.44. The Morgan fingerprint density at radius 1 is 1.42 bits per heavy atom. The number of nitrogens with two attached hydrogens (primary N) is 1. The minimum Gasteiger partial charge on any atom is -0.464 e. The van der Waals surface area contributed by atoms with E-state index in [1.54, 1.807) is 0 Å². The van der Waals surface area contributed by atoms with E-state index in [0.29, 0.717) is 5.52 Å². The van der Waals surface area contributed by atoms with Crippen molar-refractivity contribution in [1.82, 2.24) is 19.7 Å². The van der Waals surface area contributed by atoms with E-state index in [0.717, 1.165) is 19.2 Å². The Morgan fingerprint density at radius 2 is 2.11 bits per heavy atom. The minimum atomic E-state index is -4.57. The van der Waals surface area contributed by atoms with E-state index < -0.39 is 50.3 Å². The quantitative estimate of drug-likeness (QED) is 0.196. The summed E-state index contributed by atoms with van der Waals surface area (Å²) in [5.41, 5.74) is 4.16. The van der Waals surface area contributed by atoms with Gasteiger partial charge in [0, 0.05) is 0 Å². The summed E-state index contributed by atoms with van der Waals surface area (Å²) in [6.45, 7) is 4.80. The lowest BCUT2D eigenvalue weighted by Gasteiger charge is -2.24. The molecule has 0 aliphatic carbocycles. The van der Waals surface area contributed by atoms with Gasteiger partial charge < -0.3 is 30.3 Å². The van der Waals surface area contributed by atoms with Crippen LogP contribution in [0.2, 0.25) is 0 Å². The highest BCUT2D eigenvalue weighted by Gasteiger charge is 2.58. The molecule has 1 aliphatic heterocycles. The molecule has 2 unspecified atom stereocenters. The molecule has 1 saturated heterocycles.